The normalized spacial score (nSPS) is 21.9. The molecule has 0 aliphatic carbocycles. The van der Waals surface area contributed by atoms with Gasteiger partial charge in [0.25, 0.3) is 5.91 Å². The molecular weight excluding hydrogens is 412 g/mol. The molecule has 1 aromatic heterocycles. The van der Waals surface area contributed by atoms with Crippen molar-refractivity contribution in [3.8, 4) is 11.1 Å². The van der Waals surface area contributed by atoms with E-state index in [0.717, 1.165) is 35.9 Å². The van der Waals surface area contributed by atoms with Gasteiger partial charge in [0.2, 0.25) is 0 Å². The molecule has 3 aromatic rings. The number of rotatable bonds is 8. The number of unbranched alkanes of at least 4 members (excludes halogenated alkanes) is 1. The lowest BCUT2D eigenvalue weighted by Crippen LogP contribution is -2.47. The fraction of sp³-hybridized carbons (Fsp3) is 0.429. The number of nitrogens with zero attached hydrogens (tertiary/aromatic N) is 1. The molecular formula is C28H32N2O3. The molecule has 3 aliphatic heterocycles. The molecule has 6 rings (SSSR count). The highest BCUT2D eigenvalue weighted by molar-refractivity contribution is 6.02. The summed E-state index contributed by atoms with van der Waals surface area (Å²) in [5, 5.41) is 3.89. The Labute approximate surface area is 195 Å². The van der Waals surface area contributed by atoms with Crippen LogP contribution in [-0.4, -0.2) is 42.8 Å². The van der Waals surface area contributed by atoms with E-state index in [1.165, 1.54) is 25.9 Å². The number of nitrogens with one attached hydrogen (secondary N) is 1. The number of ketones is 1. The molecule has 1 N–H and O–H groups in total. The van der Waals surface area contributed by atoms with Crippen LogP contribution in [0.15, 0.2) is 52.9 Å². The van der Waals surface area contributed by atoms with Crippen molar-refractivity contribution in [3.63, 3.8) is 0 Å². The van der Waals surface area contributed by atoms with Gasteiger partial charge in [0.05, 0.1) is 0 Å². The summed E-state index contributed by atoms with van der Waals surface area (Å²) in [6.45, 7) is 6.18. The first-order valence-corrected chi connectivity index (χ1v) is 12.3. The fourth-order valence-electron chi connectivity index (χ4n) is 5.39. The Balaban J connectivity index is 1.37. The van der Waals surface area contributed by atoms with E-state index in [0.29, 0.717) is 41.7 Å². The molecule has 5 heteroatoms. The largest absolute Gasteiger partial charge is 0.452 e. The molecule has 3 fully saturated rings. The van der Waals surface area contributed by atoms with Crippen LogP contribution in [0.2, 0.25) is 0 Å². The SMILES string of the molecule is CCCCNC(=O)c1cccc(-c2cccc3cc(C(=O)C[C@H]4CN5CCC4CC5)oc23)c1. The second-order valence-electron chi connectivity index (χ2n) is 9.55. The van der Waals surface area contributed by atoms with Gasteiger partial charge in [0.15, 0.2) is 11.5 Å². The quantitative estimate of drug-likeness (QED) is 0.366. The number of amides is 1. The minimum Gasteiger partial charge on any atom is -0.452 e. The zero-order valence-electron chi connectivity index (χ0n) is 19.3. The van der Waals surface area contributed by atoms with Crippen molar-refractivity contribution in [2.24, 2.45) is 11.8 Å². The lowest BCUT2D eigenvalue weighted by atomic mass is 9.76. The maximum Gasteiger partial charge on any atom is 0.251 e. The lowest BCUT2D eigenvalue weighted by Gasteiger charge is -2.44. The molecule has 1 amide bonds. The molecule has 5 nitrogen and oxygen atoms in total. The van der Waals surface area contributed by atoms with E-state index >= 15 is 0 Å². The number of fused-ring (bicyclic) bond motifs is 4. The topological polar surface area (TPSA) is 62.6 Å². The van der Waals surface area contributed by atoms with Gasteiger partial charge >= 0.3 is 0 Å². The van der Waals surface area contributed by atoms with Gasteiger partial charge in [-0.2, -0.15) is 0 Å². The molecule has 0 unspecified atom stereocenters. The molecule has 0 saturated carbocycles. The summed E-state index contributed by atoms with van der Waals surface area (Å²) in [5.74, 6) is 1.59. The Morgan fingerprint density at radius 2 is 1.91 bits per heavy atom. The van der Waals surface area contributed by atoms with Gasteiger partial charge in [0.1, 0.15) is 5.58 Å². The molecule has 2 bridgehead atoms. The van der Waals surface area contributed by atoms with Crippen LogP contribution < -0.4 is 5.32 Å². The van der Waals surface area contributed by atoms with Gasteiger partial charge < -0.3 is 14.6 Å². The molecule has 0 radical (unpaired) electrons. The number of carbonyl (C=O) groups is 2. The highest BCUT2D eigenvalue weighted by Crippen LogP contribution is 2.36. The molecule has 33 heavy (non-hydrogen) atoms. The van der Waals surface area contributed by atoms with E-state index in [1.54, 1.807) is 0 Å². The van der Waals surface area contributed by atoms with Crippen molar-refractivity contribution < 1.29 is 14.0 Å². The number of para-hydroxylation sites is 1. The number of piperidine rings is 3. The van der Waals surface area contributed by atoms with E-state index in [9.17, 15) is 9.59 Å². The van der Waals surface area contributed by atoms with E-state index in [2.05, 4.69) is 17.1 Å². The number of hydrogen-bond acceptors (Lipinski definition) is 4. The Bertz CT molecular complexity index is 1160. The zero-order valence-corrected chi connectivity index (χ0v) is 19.3. The summed E-state index contributed by atoms with van der Waals surface area (Å²) >= 11 is 0. The van der Waals surface area contributed by atoms with Crippen LogP contribution >= 0.6 is 0 Å². The maximum absolute atomic E-state index is 13.1. The average molecular weight is 445 g/mol. The van der Waals surface area contributed by atoms with Gasteiger partial charge in [0, 0.05) is 36.0 Å². The fourth-order valence-corrected chi connectivity index (χ4v) is 5.39. The zero-order chi connectivity index (χ0) is 22.8. The van der Waals surface area contributed by atoms with Gasteiger partial charge in [-0.15, -0.1) is 0 Å². The van der Waals surface area contributed by atoms with Crippen LogP contribution in [0.5, 0.6) is 0 Å². The van der Waals surface area contributed by atoms with Crippen LogP contribution in [0.4, 0.5) is 0 Å². The summed E-state index contributed by atoms with van der Waals surface area (Å²) in [7, 11) is 0. The summed E-state index contributed by atoms with van der Waals surface area (Å²) in [6, 6.07) is 15.4. The van der Waals surface area contributed by atoms with Crippen molar-refractivity contribution >= 4 is 22.7 Å². The maximum atomic E-state index is 13.1. The molecule has 3 aliphatic rings. The minimum atomic E-state index is -0.0645. The second kappa shape index (κ2) is 9.52. The van der Waals surface area contributed by atoms with E-state index in [4.69, 9.17) is 4.42 Å². The first-order chi connectivity index (χ1) is 16.1. The van der Waals surface area contributed by atoms with Crippen molar-refractivity contribution in [1.82, 2.24) is 10.2 Å². The van der Waals surface area contributed by atoms with Crippen LogP contribution in [0.1, 0.15) is 59.9 Å². The third-order valence-electron chi connectivity index (χ3n) is 7.31. The number of Topliss-reactive ketones (excluding diaryl/α,β-unsaturated/α-hetero) is 1. The van der Waals surface area contributed by atoms with Crippen LogP contribution in [0.3, 0.4) is 0 Å². The Hall–Kier alpha value is -2.92. The molecule has 172 valence electrons. The summed E-state index contributed by atoms with van der Waals surface area (Å²) in [5.41, 5.74) is 3.15. The lowest BCUT2D eigenvalue weighted by molar-refractivity contribution is 0.0433. The number of carbonyl (C=O) groups excluding carboxylic acids is 2. The smallest absolute Gasteiger partial charge is 0.251 e. The van der Waals surface area contributed by atoms with Crippen molar-refractivity contribution in [1.29, 1.82) is 0 Å². The third kappa shape index (κ3) is 4.60. The summed E-state index contributed by atoms with van der Waals surface area (Å²) in [4.78, 5) is 28.1. The van der Waals surface area contributed by atoms with Crippen molar-refractivity contribution in [2.75, 3.05) is 26.2 Å². The molecule has 4 heterocycles. The minimum absolute atomic E-state index is 0.0645. The highest BCUT2D eigenvalue weighted by atomic mass is 16.3. The first kappa shape index (κ1) is 21.9. The monoisotopic (exact) mass is 444 g/mol. The van der Waals surface area contributed by atoms with Crippen LogP contribution in [-0.2, 0) is 0 Å². The molecule has 1 atom stereocenters. The van der Waals surface area contributed by atoms with E-state index in [1.807, 2.05) is 48.5 Å². The molecule has 3 saturated heterocycles. The number of furan rings is 1. The predicted octanol–water partition coefficient (Wildman–Crippen LogP) is 5.54. The van der Waals surface area contributed by atoms with Gasteiger partial charge in [-0.3, -0.25) is 9.59 Å². The van der Waals surface area contributed by atoms with Crippen molar-refractivity contribution in [2.45, 2.75) is 39.0 Å². The Kier molecular flexibility index (Phi) is 6.32. The number of hydrogen-bond donors (Lipinski definition) is 1. The number of benzene rings is 2. The van der Waals surface area contributed by atoms with Gasteiger partial charge in [-0.1, -0.05) is 43.7 Å². The van der Waals surface area contributed by atoms with Crippen molar-refractivity contribution in [3.05, 3.63) is 59.9 Å². The summed E-state index contributed by atoms with van der Waals surface area (Å²) in [6.07, 6.45) is 4.99. The Morgan fingerprint density at radius 3 is 2.67 bits per heavy atom. The van der Waals surface area contributed by atoms with E-state index < -0.39 is 0 Å². The third-order valence-corrected chi connectivity index (χ3v) is 7.31. The Morgan fingerprint density at radius 1 is 1.09 bits per heavy atom. The van der Waals surface area contributed by atoms with Gasteiger partial charge in [-0.05, 0) is 68.0 Å². The van der Waals surface area contributed by atoms with E-state index in [-0.39, 0.29) is 11.7 Å². The predicted molar refractivity (Wildman–Crippen MR) is 130 cm³/mol. The van der Waals surface area contributed by atoms with Gasteiger partial charge in [-0.25, -0.2) is 0 Å². The molecule has 0 spiro atoms. The average Bonchev–Trinajstić information content (AvgIpc) is 3.30. The summed E-state index contributed by atoms with van der Waals surface area (Å²) < 4.78 is 6.15. The second-order valence-corrected chi connectivity index (χ2v) is 9.55. The van der Waals surface area contributed by atoms with Crippen LogP contribution in [0, 0.1) is 11.8 Å². The standard InChI is InChI=1S/C28H32N2O3/c1-2-3-12-29-28(32)22-8-4-6-20(15-22)24-9-5-7-21-17-26(33-27(21)24)25(31)16-23-18-30-13-10-19(23)11-14-30/h4-9,15,17,19,23H,2-3,10-14,16,18H2,1H3,(H,29,32)/t23-/m0/s1. The first-order valence-electron chi connectivity index (χ1n) is 12.3. The highest BCUT2D eigenvalue weighted by Gasteiger charge is 2.35. The molecule has 2 aromatic carbocycles. The van der Waals surface area contributed by atoms with Crippen LogP contribution in [0.25, 0.3) is 22.1 Å².